The molecule has 6 heteroatoms. The number of pyridine rings is 1. The predicted molar refractivity (Wildman–Crippen MR) is 73.2 cm³/mol. The third-order valence-corrected chi connectivity index (χ3v) is 2.97. The first-order valence-electron chi connectivity index (χ1n) is 6.00. The summed E-state index contributed by atoms with van der Waals surface area (Å²) in [7, 11) is 1.15. The Bertz CT molecular complexity index is 819. The van der Waals surface area contributed by atoms with Crippen LogP contribution in [-0.4, -0.2) is 18.1 Å². The number of rotatable bonds is 2. The van der Waals surface area contributed by atoms with Gasteiger partial charge in [-0.3, -0.25) is 4.79 Å². The van der Waals surface area contributed by atoms with E-state index in [1.165, 1.54) is 24.3 Å². The van der Waals surface area contributed by atoms with E-state index in [4.69, 9.17) is 5.26 Å². The van der Waals surface area contributed by atoms with Crippen LogP contribution in [0.5, 0.6) is 0 Å². The fraction of sp³-hybridized carbons (Fsp3) is 0.133. The minimum atomic E-state index is -0.828. The number of halogens is 1. The van der Waals surface area contributed by atoms with Gasteiger partial charge in [-0.25, -0.2) is 9.18 Å². The van der Waals surface area contributed by atoms with Crippen LogP contribution in [-0.2, 0) is 4.74 Å². The zero-order valence-corrected chi connectivity index (χ0v) is 11.4. The van der Waals surface area contributed by atoms with Crippen LogP contribution in [0.4, 0.5) is 4.39 Å². The molecule has 1 heterocycles. The Morgan fingerprint density at radius 3 is 2.71 bits per heavy atom. The number of benzene rings is 1. The molecule has 21 heavy (non-hydrogen) atoms. The molecule has 0 aliphatic rings. The van der Waals surface area contributed by atoms with Crippen molar-refractivity contribution in [3.05, 3.63) is 57.3 Å². The summed E-state index contributed by atoms with van der Waals surface area (Å²) in [5.74, 6) is -1.65. The normalized spacial score (nSPS) is 10.0. The zero-order valence-electron chi connectivity index (χ0n) is 11.4. The number of carbonyl (C=O) groups is 1. The highest BCUT2D eigenvalue weighted by Gasteiger charge is 2.19. The van der Waals surface area contributed by atoms with Gasteiger partial charge in [-0.2, -0.15) is 5.26 Å². The van der Waals surface area contributed by atoms with Crippen LogP contribution in [0.25, 0.3) is 11.1 Å². The van der Waals surface area contributed by atoms with Gasteiger partial charge in [0.15, 0.2) is 0 Å². The van der Waals surface area contributed by atoms with Crippen molar-refractivity contribution in [1.29, 1.82) is 5.26 Å². The van der Waals surface area contributed by atoms with Gasteiger partial charge in [0.05, 0.1) is 12.7 Å². The van der Waals surface area contributed by atoms with Gasteiger partial charge in [0.25, 0.3) is 5.56 Å². The molecule has 0 unspecified atom stereocenters. The van der Waals surface area contributed by atoms with E-state index in [1.54, 1.807) is 13.0 Å². The molecule has 1 N–H and O–H groups in total. The zero-order chi connectivity index (χ0) is 15.6. The van der Waals surface area contributed by atoms with Crippen molar-refractivity contribution < 1.29 is 13.9 Å². The molecule has 0 aliphatic carbocycles. The lowest BCUT2D eigenvalue weighted by molar-refractivity contribution is 0.0595. The second-order valence-electron chi connectivity index (χ2n) is 4.34. The minimum absolute atomic E-state index is 0.00338. The van der Waals surface area contributed by atoms with Crippen molar-refractivity contribution in [2.45, 2.75) is 6.92 Å². The molecule has 2 aromatic rings. The van der Waals surface area contributed by atoms with Crippen LogP contribution >= 0.6 is 0 Å². The highest BCUT2D eigenvalue weighted by molar-refractivity contribution is 5.91. The van der Waals surface area contributed by atoms with E-state index >= 15 is 0 Å². The summed E-state index contributed by atoms with van der Waals surface area (Å²) >= 11 is 0. The van der Waals surface area contributed by atoms with Crippen molar-refractivity contribution in [1.82, 2.24) is 4.98 Å². The Kier molecular flexibility index (Phi) is 3.85. The molecule has 0 aliphatic heterocycles. The van der Waals surface area contributed by atoms with Gasteiger partial charge in [-0.15, -0.1) is 0 Å². The molecule has 0 amide bonds. The molecule has 1 aromatic heterocycles. The van der Waals surface area contributed by atoms with Gasteiger partial charge in [0, 0.05) is 16.8 Å². The largest absolute Gasteiger partial charge is 0.465 e. The van der Waals surface area contributed by atoms with Crippen molar-refractivity contribution in [3.63, 3.8) is 0 Å². The quantitative estimate of drug-likeness (QED) is 0.857. The monoisotopic (exact) mass is 286 g/mol. The van der Waals surface area contributed by atoms with Crippen molar-refractivity contribution in [2.75, 3.05) is 7.11 Å². The first kappa shape index (κ1) is 14.5. The van der Waals surface area contributed by atoms with Crippen LogP contribution in [0.2, 0.25) is 0 Å². The number of esters is 1. The average Bonchev–Trinajstić information content (AvgIpc) is 2.46. The lowest BCUT2D eigenvalue weighted by Crippen LogP contribution is -2.13. The molecular weight excluding hydrogens is 275 g/mol. The molecule has 0 radical (unpaired) electrons. The molecule has 5 nitrogen and oxygen atoms in total. The summed E-state index contributed by atoms with van der Waals surface area (Å²) in [4.78, 5) is 25.7. The van der Waals surface area contributed by atoms with E-state index in [0.717, 1.165) is 7.11 Å². The lowest BCUT2D eigenvalue weighted by Gasteiger charge is -2.09. The van der Waals surface area contributed by atoms with Crippen molar-refractivity contribution >= 4 is 5.97 Å². The maximum absolute atomic E-state index is 14.5. The summed E-state index contributed by atoms with van der Waals surface area (Å²) in [6, 6.07) is 7.37. The van der Waals surface area contributed by atoms with E-state index < -0.39 is 17.3 Å². The number of aromatic amines is 1. The van der Waals surface area contributed by atoms with Crippen LogP contribution in [0.3, 0.4) is 0 Å². The highest BCUT2D eigenvalue weighted by atomic mass is 19.1. The second kappa shape index (κ2) is 5.59. The Balaban J connectivity index is 2.78. The summed E-state index contributed by atoms with van der Waals surface area (Å²) < 4.78 is 19.0. The Hall–Kier alpha value is -2.94. The summed E-state index contributed by atoms with van der Waals surface area (Å²) in [5.41, 5.74) is -0.434. The molecule has 0 saturated heterocycles. The van der Waals surface area contributed by atoms with Gasteiger partial charge < -0.3 is 9.72 Å². The number of hydrogen-bond acceptors (Lipinski definition) is 4. The van der Waals surface area contributed by atoms with Gasteiger partial charge in [-0.05, 0) is 19.1 Å². The summed E-state index contributed by atoms with van der Waals surface area (Å²) in [6.45, 7) is 1.62. The first-order valence-corrected chi connectivity index (χ1v) is 6.00. The fourth-order valence-corrected chi connectivity index (χ4v) is 2.02. The molecule has 0 bridgehead atoms. The Morgan fingerprint density at radius 2 is 2.10 bits per heavy atom. The highest BCUT2D eigenvalue weighted by Crippen LogP contribution is 2.27. The van der Waals surface area contributed by atoms with E-state index in [2.05, 4.69) is 9.72 Å². The van der Waals surface area contributed by atoms with Gasteiger partial charge in [0.1, 0.15) is 17.4 Å². The SMILES string of the molecule is COC(=O)c1cccc(-c2cc(C)[nH]c(=O)c2C#N)c1F. The van der Waals surface area contributed by atoms with E-state index in [0.29, 0.717) is 5.69 Å². The summed E-state index contributed by atoms with van der Waals surface area (Å²) in [5, 5.41) is 9.08. The second-order valence-corrected chi connectivity index (χ2v) is 4.34. The van der Waals surface area contributed by atoms with Crippen LogP contribution in [0.15, 0.2) is 29.1 Å². The van der Waals surface area contributed by atoms with Crippen molar-refractivity contribution in [3.8, 4) is 17.2 Å². The molecular formula is C15H11FN2O3. The number of nitriles is 1. The van der Waals surface area contributed by atoms with Gasteiger partial charge in [0.2, 0.25) is 0 Å². The lowest BCUT2D eigenvalue weighted by atomic mass is 9.98. The van der Waals surface area contributed by atoms with E-state index in [-0.39, 0.29) is 22.3 Å². The topological polar surface area (TPSA) is 83.0 Å². The molecule has 0 saturated carbocycles. The number of aryl methyl sites for hydroxylation is 1. The molecule has 2 rings (SSSR count). The predicted octanol–water partition coefficient (Wildman–Crippen LogP) is 2.15. The third kappa shape index (κ3) is 2.54. The number of H-pyrrole nitrogens is 1. The minimum Gasteiger partial charge on any atom is -0.465 e. The smallest absolute Gasteiger partial charge is 0.340 e. The van der Waals surface area contributed by atoms with E-state index in [9.17, 15) is 14.0 Å². The van der Waals surface area contributed by atoms with Gasteiger partial charge in [-0.1, -0.05) is 12.1 Å². The van der Waals surface area contributed by atoms with Crippen molar-refractivity contribution in [2.24, 2.45) is 0 Å². The number of aromatic nitrogens is 1. The van der Waals surface area contributed by atoms with Crippen LogP contribution < -0.4 is 5.56 Å². The number of carbonyl (C=O) groups excluding carboxylic acids is 1. The standard InChI is InChI=1S/C15H11FN2O3/c1-8-6-11(12(7-17)14(19)18-8)9-4-3-5-10(13(9)16)15(20)21-2/h3-6H,1-2H3,(H,18,19). The number of nitrogens with one attached hydrogen (secondary N) is 1. The molecule has 0 fully saturated rings. The maximum Gasteiger partial charge on any atom is 0.340 e. The van der Waals surface area contributed by atoms with Crippen LogP contribution in [0.1, 0.15) is 21.6 Å². The first-order chi connectivity index (χ1) is 9.99. The number of methoxy groups -OCH3 is 1. The molecule has 1 aromatic carbocycles. The number of hydrogen-bond donors (Lipinski definition) is 1. The molecule has 0 spiro atoms. The number of ether oxygens (including phenoxy) is 1. The Labute approximate surface area is 119 Å². The summed E-state index contributed by atoms with van der Waals surface area (Å²) in [6.07, 6.45) is 0. The molecule has 0 atom stereocenters. The Morgan fingerprint density at radius 1 is 1.38 bits per heavy atom. The van der Waals surface area contributed by atoms with Crippen LogP contribution in [0, 0.1) is 24.1 Å². The average molecular weight is 286 g/mol. The molecule has 106 valence electrons. The van der Waals surface area contributed by atoms with Gasteiger partial charge >= 0.3 is 5.97 Å². The number of nitrogens with zero attached hydrogens (tertiary/aromatic N) is 1. The fourth-order valence-electron chi connectivity index (χ4n) is 2.02. The van der Waals surface area contributed by atoms with E-state index in [1.807, 2.05) is 0 Å². The third-order valence-electron chi connectivity index (χ3n) is 2.97. The maximum atomic E-state index is 14.5.